The van der Waals surface area contributed by atoms with Gasteiger partial charge < -0.3 is 24.3 Å². The van der Waals surface area contributed by atoms with Gasteiger partial charge in [-0.25, -0.2) is 4.79 Å². The Morgan fingerprint density at radius 1 is 1.03 bits per heavy atom. The summed E-state index contributed by atoms with van der Waals surface area (Å²) in [5.41, 5.74) is 1.27. The van der Waals surface area contributed by atoms with Gasteiger partial charge in [0.2, 0.25) is 0 Å². The van der Waals surface area contributed by atoms with E-state index in [1.54, 1.807) is 55.7 Å². The van der Waals surface area contributed by atoms with Crippen molar-refractivity contribution >= 4 is 29.5 Å². The highest BCUT2D eigenvalue weighted by Gasteiger charge is 2.53. The first-order chi connectivity index (χ1) is 16.5. The molecule has 0 aliphatic carbocycles. The van der Waals surface area contributed by atoms with E-state index in [-0.39, 0.29) is 23.8 Å². The molecule has 2 aliphatic rings. The van der Waals surface area contributed by atoms with Gasteiger partial charge in [-0.2, -0.15) is 0 Å². The predicted molar refractivity (Wildman–Crippen MR) is 125 cm³/mol. The average molecular weight is 485 g/mol. The Morgan fingerprint density at radius 3 is 2.41 bits per heavy atom. The molecule has 0 bridgehead atoms. The van der Waals surface area contributed by atoms with E-state index < -0.39 is 23.3 Å². The third kappa shape index (κ3) is 4.54. The zero-order chi connectivity index (χ0) is 24.2. The summed E-state index contributed by atoms with van der Waals surface area (Å²) >= 11 is 1.46. The van der Waals surface area contributed by atoms with E-state index in [4.69, 9.17) is 18.9 Å². The second-order valence-electron chi connectivity index (χ2n) is 7.46. The van der Waals surface area contributed by atoms with Crippen LogP contribution in [-0.2, 0) is 20.9 Å². The number of carbonyl (C=O) groups is 3. The maximum absolute atomic E-state index is 12.9. The van der Waals surface area contributed by atoms with Crippen molar-refractivity contribution in [2.75, 3.05) is 27.1 Å². The van der Waals surface area contributed by atoms with Gasteiger partial charge in [0.1, 0.15) is 41.0 Å². The molecule has 0 aromatic heterocycles. The Morgan fingerprint density at radius 2 is 1.74 bits per heavy atom. The number of carbonyl (C=O) groups excluding carboxylic acids is 3. The normalized spacial score (nSPS) is 18.7. The molecule has 178 valence electrons. The molecule has 2 amide bonds. The van der Waals surface area contributed by atoms with Crippen molar-refractivity contribution in [3.63, 3.8) is 0 Å². The van der Waals surface area contributed by atoms with Crippen molar-refractivity contribution in [1.82, 2.24) is 10.2 Å². The minimum atomic E-state index is -0.762. The maximum atomic E-state index is 12.9. The predicted octanol–water partition coefficient (Wildman–Crippen LogP) is 2.35. The number of hydrogen-bond donors (Lipinski definition) is 1. The molecule has 1 saturated heterocycles. The van der Waals surface area contributed by atoms with Crippen LogP contribution in [-0.4, -0.2) is 61.2 Å². The molecule has 2 heterocycles. The zero-order valence-corrected chi connectivity index (χ0v) is 19.7. The molecule has 0 radical (unpaired) electrons. The highest BCUT2D eigenvalue weighted by molar-refractivity contribution is 8.00. The molecule has 1 fully saturated rings. The number of nitrogens with zero attached hydrogens (tertiary/aromatic N) is 1. The Balaban J connectivity index is 1.39. The number of amides is 2. The number of nitrogens with one attached hydrogen (secondary N) is 1. The van der Waals surface area contributed by atoms with E-state index >= 15 is 0 Å². The standard InChI is InChI=1S/C24H24N2O7S/c1-30-15-6-4-14(5-7-15)13-33-24(29)18-10-11-34-23-20(22(28)26(18)23)25-21(27)17-9-8-16(31-2)12-19(17)32-3/h4-10,12,20,23H,11,13H2,1-3H3,(H,25,27)/t20?,23-/m1/s1. The van der Waals surface area contributed by atoms with Crippen LogP contribution in [0.3, 0.4) is 0 Å². The number of benzene rings is 2. The van der Waals surface area contributed by atoms with Gasteiger partial charge in [0.25, 0.3) is 11.8 Å². The summed E-state index contributed by atoms with van der Waals surface area (Å²) in [6.45, 7) is 0.0669. The molecule has 2 aromatic carbocycles. The Labute approximate surface area is 201 Å². The summed E-state index contributed by atoms with van der Waals surface area (Å²) in [4.78, 5) is 39.8. The Kier molecular flexibility index (Phi) is 6.97. The molecule has 2 aromatic rings. The number of thioether (sulfide) groups is 1. The van der Waals surface area contributed by atoms with Crippen LogP contribution < -0.4 is 19.5 Å². The second-order valence-corrected chi connectivity index (χ2v) is 8.61. The van der Waals surface area contributed by atoms with E-state index in [1.165, 1.54) is 30.9 Å². The van der Waals surface area contributed by atoms with Crippen LogP contribution >= 0.6 is 11.8 Å². The third-order valence-corrected chi connectivity index (χ3v) is 6.71. The Bertz CT molecular complexity index is 1130. The van der Waals surface area contributed by atoms with Crippen LogP contribution in [0, 0.1) is 0 Å². The SMILES string of the molecule is COc1ccc(COC(=O)C2=CCS[C@@H]3C(NC(=O)c4ccc(OC)cc4OC)C(=O)N23)cc1. The van der Waals surface area contributed by atoms with Gasteiger partial charge in [0.05, 0.1) is 26.9 Å². The van der Waals surface area contributed by atoms with Gasteiger partial charge in [-0.1, -0.05) is 12.1 Å². The summed E-state index contributed by atoms with van der Waals surface area (Å²) in [6, 6.07) is 11.2. The van der Waals surface area contributed by atoms with E-state index in [0.29, 0.717) is 23.0 Å². The number of esters is 1. The van der Waals surface area contributed by atoms with Crippen molar-refractivity contribution in [3.8, 4) is 17.2 Å². The number of hydrogen-bond acceptors (Lipinski definition) is 8. The van der Waals surface area contributed by atoms with Gasteiger partial charge in [-0.3, -0.25) is 14.5 Å². The first-order valence-electron chi connectivity index (χ1n) is 10.4. The largest absolute Gasteiger partial charge is 0.497 e. The number of fused-ring (bicyclic) bond motifs is 1. The van der Waals surface area contributed by atoms with Crippen LogP contribution in [0.4, 0.5) is 0 Å². The van der Waals surface area contributed by atoms with Gasteiger partial charge in [-0.15, -0.1) is 11.8 Å². The van der Waals surface area contributed by atoms with Crippen molar-refractivity contribution in [2.24, 2.45) is 0 Å². The molecule has 2 atom stereocenters. The van der Waals surface area contributed by atoms with Crippen molar-refractivity contribution in [1.29, 1.82) is 0 Å². The number of rotatable bonds is 8. The van der Waals surface area contributed by atoms with Gasteiger partial charge in [0, 0.05) is 11.8 Å². The molecular formula is C24H24N2O7S. The monoisotopic (exact) mass is 484 g/mol. The van der Waals surface area contributed by atoms with Crippen LogP contribution in [0.1, 0.15) is 15.9 Å². The summed E-state index contributed by atoms with van der Waals surface area (Å²) in [7, 11) is 4.54. The summed E-state index contributed by atoms with van der Waals surface area (Å²) in [5, 5.41) is 2.36. The molecule has 0 saturated carbocycles. The van der Waals surface area contributed by atoms with Crippen LogP contribution in [0.2, 0.25) is 0 Å². The van der Waals surface area contributed by atoms with Gasteiger partial charge >= 0.3 is 5.97 Å². The molecule has 1 N–H and O–H groups in total. The molecule has 10 heteroatoms. The topological polar surface area (TPSA) is 103 Å². The molecular weight excluding hydrogens is 460 g/mol. The lowest BCUT2D eigenvalue weighted by molar-refractivity contribution is -0.152. The summed E-state index contributed by atoms with van der Waals surface area (Å²) < 4.78 is 21.0. The van der Waals surface area contributed by atoms with Crippen LogP contribution in [0.25, 0.3) is 0 Å². The number of ether oxygens (including phenoxy) is 4. The third-order valence-electron chi connectivity index (χ3n) is 5.52. The van der Waals surface area contributed by atoms with Crippen molar-refractivity contribution in [2.45, 2.75) is 18.0 Å². The first-order valence-corrected chi connectivity index (χ1v) is 11.5. The number of methoxy groups -OCH3 is 3. The minimum Gasteiger partial charge on any atom is -0.497 e. The van der Waals surface area contributed by atoms with E-state index in [9.17, 15) is 14.4 Å². The molecule has 1 unspecified atom stereocenters. The van der Waals surface area contributed by atoms with Crippen LogP contribution in [0.5, 0.6) is 17.2 Å². The van der Waals surface area contributed by atoms with Gasteiger partial charge in [-0.05, 0) is 35.9 Å². The quantitative estimate of drug-likeness (QED) is 0.450. The number of β-lactam (4-membered cyclic amide) rings is 1. The minimum absolute atomic E-state index is 0.0669. The molecule has 2 aliphatic heterocycles. The fourth-order valence-electron chi connectivity index (χ4n) is 3.68. The zero-order valence-electron chi connectivity index (χ0n) is 18.9. The lowest BCUT2D eigenvalue weighted by atomic mass is 10.0. The summed E-state index contributed by atoms with van der Waals surface area (Å²) in [6.07, 6.45) is 1.67. The van der Waals surface area contributed by atoms with Crippen molar-refractivity contribution < 1.29 is 33.3 Å². The average Bonchev–Trinajstić information content (AvgIpc) is 2.89. The smallest absolute Gasteiger partial charge is 0.355 e. The first kappa shape index (κ1) is 23.5. The lowest BCUT2D eigenvalue weighted by Crippen LogP contribution is -2.70. The van der Waals surface area contributed by atoms with E-state index in [1.807, 2.05) is 0 Å². The second kappa shape index (κ2) is 10.1. The Hall–Kier alpha value is -3.66. The molecule has 34 heavy (non-hydrogen) atoms. The van der Waals surface area contributed by atoms with Crippen LogP contribution in [0.15, 0.2) is 54.2 Å². The van der Waals surface area contributed by atoms with E-state index in [0.717, 1.165) is 5.56 Å². The van der Waals surface area contributed by atoms with E-state index in [2.05, 4.69) is 5.32 Å². The molecule has 0 spiro atoms. The fraction of sp³-hybridized carbons (Fsp3) is 0.292. The highest BCUT2D eigenvalue weighted by atomic mass is 32.2. The van der Waals surface area contributed by atoms with Gasteiger partial charge in [0.15, 0.2) is 0 Å². The molecule has 9 nitrogen and oxygen atoms in total. The maximum Gasteiger partial charge on any atom is 0.355 e. The van der Waals surface area contributed by atoms with Crippen molar-refractivity contribution in [3.05, 3.63) is 65.4 Å². The fourth-order valence-corrected chi connectivity index (χ4v) is 4.87. The molecule has 4 rings (SSSR count). The highest BCUT2D eigenvalue weighted by Crippen LogP contribution is 2.38. The lowest BCUT2D eigenvalue weighted by Gasteiger charge is -2.48. The summed E-state index contributed by atoms with van der Waals surface area (Å²) in [5.74, 6) is 0.693.